The molecule has 5 heteroatoms. The van der Waals surface area contributed by atoms with Crippen molar-refractivity contribution >= 4 is 16.8 Å². The van der Waals surface area contributed by atoms with Gasteiger partial charge in [-0.3, -0.25) is 9.59 Å². The van der Waals surface area contributed by atoms with Crippen LogP contribution in [0.3, 0.4) is 0 Å². The number of nitrogens with zero attached hydrogens (tertiary/aromatic N) is 1. The Labute approximate surface area is 86.1 Å². The van der Waals surface area contributed by atoms with Crippen LogP contribution >= 0.6 is 11.6 Å². The molecule has 0 unspecified atom stereocenters. The number of rotatable bonds is 4. The molecule has 0 spiro atoms. The zero-order chi connectivity index (χ0) is 10.6. The topological polar surface area (TPSA) is 48.3 Å². The average Bonchev–Trinajstić information content (AvgIpc) is 2.16. The van der Waals surface area contributed by atoms with Crippen LogP contribution in [-0.4, -0.2) is 23.5 Å². The fourth-order valence-electron chi connectivity index (χ4n) is 1.05. The summed E-state index contributed by atoms with van der Waals surface area (Å²) >= 11 is 5.23. The van der Waals surface area contributed by atoms with Gasteiger partial charge in [-0.05, 0) is 23.7 Å². The van der Waals surface area contributed by atoms with Gasteiger partial charge in [0.1, 0.15) is 0 Å². The summed E-state index contributed by atoms with van der Waals surface area (Å²) in [4.78, 5) is 22.3. The van der Waals surface area contributed by atoms with Crippen molar-refractivity contribution in [1.29, 1.82) is 0 Å². The van der Waals surface area contributed by atoms with Gasteiger partial charge < -0.3 is 9.30 Å². The molecular formula is C9H10ClNO3. The number of pyridine rings is 1. The molecule has 0 aliphatic carbocycles. The Kier molecular flexibility index (Phi) is 3.85. The number of carbonyl (C=O) groups is 1. The van der Waals surface area contributed by atoms with Crippen molar-refractivity contribution < 1.29 is 9.53 Å². The minimum atomic E-state index is -0.734. The molecule has 0 radical (unpaired) electrons. The molecule has 76 valence electrons. The first-order valence-electron chi connectivity index (χ1n) is 4.05. The zero-order valence-corrected chi connectivity index (χ0v) is 8.45. The van der Waals surface area contributed by atoms with E-state index in [1.165, 1.54) is 10.6 Å². The van der Waals surface area contributed by atoms with Crippen molar-refractivity contribution in [3.8, 4) is 0 Å². The van der Waals surface area contributed by atoms with Crippen LogP contribution in [0.1, 0.15) is 10.4 Å². The van der Waals surface area contributed by atoms with E-state index in [-0.39, 0.29) is 11.1 Å². The summed E-state index contributed by atoms with van der Waals surface area (Å²) in [6, 6.07) is 3.01. The van der Waals surface area contributed by atoms with E-state index in [9.17, 15) is 9.59 Å². The van der Waals surface area contributed by atoms with E-state index in [1.54, 1.807) is 19.4 Å². The van der Waals surface area contributed by atoms with E-state index in [0.29, 0.717) is 13.2 Å². The monoisotopic (exact) mass is 215 g/mol. The van der Waals surface area contributed by atoms with Crippen LogP contribution in [0, 0.1) is 0 Å². The summed E-state index contributed by atoms with van der Waals surface area (Å²) in [6.07, 6.45) is 1.59. The van der Waals surface area contributed by atoms with Crippen molar-refractivity contribution in [2.45, 2.75) is 6.54 Å². The Morgan fingerprint density at radius 2 is 2.36 bits per heavy atom. The number of halogens is 1. The lowest BCUT2D eigenvalue weighted by atomic mass is 10.3. The van der Waals surface area contributed by atoms with Gasteiger partial charge in [-0.2, -0.15) is 0 Å². The first-order chi connectivity index (χ1) is 6.66. The Morgan fingerprint density at radius 3 is 2.93 bits per heavy atom. The highest BCUT2D eigenvalue weighted by atomic mass is 35.5. The molecule has 0 saturated carbocycles. The maximum Gasteiger partial charge on any atom is 0.262 e. The SMILES string of the molecule is COCCn1cccc(C(=O)Cl)c1=O. The second kappa shape index (κ2) is 4.93. The van der Waals surface area contributed by atoms with Gasteiger partial charge >= 0.3 is 0 Å². The largest absolute Gasteiger partial charge is 0.383 e. The maximum absolute atomic E-state index is 11.5. The minimum Gasteiger partial charge on any atom is -0.383 e. The number of aromatic nitrogens is 1. The number of hydrogen-bond acceptors (Lipinski definition) is 3. The third kappa shape index (κ3) is 2.43. The van der Waals surface area contributed by atoms with Crippen LogP contribution in [0.25, 0.3) is 0 Å². The molecule has 0 fully saturated rings. The van der Waals surface area contributed by atoms with Gasteiger partial charge in [-0.15, -0.1) is 0 Å². The smallest absolute Gasteiger partial charge is 0.262 e. The van der Waals surface area contributed by atoms with E-state index in [2.05, 4.69) is 0 Å². The number of methoxy groups -OCH3 is 1. The van der Waals surface area contributed by atoms with E-state index in [0.717, 1.165) is 0 Å². The Balaban J connectivity index is 3.02. The summed E-state index contributed by atoms with van der Waals surface area (Å²) < 4.78 is 6.21. The number of carbonyl (C=O) groups excluding carboxylic acids is 1. The summed E-state index contributed by atoms with van der Waals surface area (Å²) in [5.41, 5.74) is -0.394. The molecule has 0 saturated heterocycles. The molecule has 14 heavy (non-hydrogen) atoms. The van der Waals surface area contributed by atoms with Crippen molar-refractivity contribution in [2.75, 3.05) is 13.7 Å². The summed E-state index contributed by atoms with van der Waals surface area (Å²) in [6.45, 7) is 0.827. The molecule has 0 aliphatic heterocycles. The van der Waals surface area contributed by atoms with Crippen LogP contribution in [0.5, 0.6) is 0 Å². The highest BCUT2D eigenvalue weighted by Gasteiger charge is 2.08. The van der Waals surface area contributed by atoms with E-state index < -0.39 is 5.24 Å². The molecule has 0 amide bonds. The van der Waals surface area contributed by atoms with Gasteiger partial charge in [0.25, 0.3) is 10.8 Å². The Hall–Kier alpha value is -1.13. The number of hydrogen-bond donors (Lipinski definition) is 0. The van der Waals surface area contributed by atoms with Crippen molar-refractivity contribution in [3.05, 3.63) is 34.2 Å². The number of ether oxygens (including phenoxy) is 1. The third-order valence-electron chi connectivity index (χ3n) is 1.77. The quantitative estimate of drug-likeness (QED) is 0.701. The molecule has 0 atom stereocenters. The standard InChI is InChI=1S/C9H10ClNO3/c1-14-6-5-11-4-2-3-7(8(10)12)9(11)13/h2-4H,5-6H2,1H3. The normalized spacial score (nSPS) is 10.1. The molecular weight excluding hydrogens is 206 g/mol. The summed E-state index contributed by atoms with van der Waals surface area (Å²) in [5.74, 6) is 0. The second-order valence-electron chi connectivity index (χ2n) is 2.69. The van der Waals surface area contributed by atoms with Crippen molar-refractivity contribution in [2.24, 2.45) is 0 Å². The minimum absolute atomic E-state index is 0.00901. The Bertz CT molecular complexity index is 386. The lowest BCUT2D eigenvalue weighted by Gasteiger charge is -2.04. The zero-order valence-electron chi connectivity index (χ0n) is 7.70. The lowest BCUT2D eigenvalue weighted by Crippen LogP contribution is -2.25. The van der Waals surface area contributed by atoms with Crippen LogP contribution < -0.4 is 5.56 Å². The Morgan fingerprint density at radius 1 is 1.64 bits per heavy atom. The van der Waals surface area contributed by atoms with Crippen LogP contribution in [0.4, 0.5) is 0 Å². The molecule has 1 rings (SSSR count). The van der Waals surface area contributed by atoms with Gasteiger partial charge in [-0.1, -0.05) is 0 Å². The van der Waals surface area contributed by atoms with Gasteiger partial charge in [0.05, 0.1) is 12.2 Å². The first kappa shape index (κ1) is 10.9. The van der Waals surface area contributed by atoms with Gasteiger partial charge in [0.2, 0.25) is 0 Å². The van der Waals surface area contributed by atoms with Crippen LogP contribution in [-0.2, 0) is 11.3 Å². The average molecular weight is 216 g/mol. The molecule has 0 N–H and O–H groups in total. The third-order valence-corrected chi connectivity index (χ3v) is 1.97. The molecule has 1 aromatic rings. The molecule has 0 aliphatic rings. The highest BCUT2D eigenvalue weighted by Crippen LogP contribution is 1.97. The first-order valence-corrected chi connectivity index (χ1v) is 4.43. The lowest BCUT2D eigenvalue weighted by molar-refractivity contribution is 0.107. The van der Waals surface area contributed by atoms with Crippen LogP contribution in [0.2, 0.25) is 0 Å². The fourth-order valence-corrected chi connectivity index (χ4v) is 1.20. The highest BCUT2D eigenvalue weighted by molar-refractivity contribution is 6.67. The van der Waals surface area contributed by atoms with Gasteiger partial charge in [0.15, 0.2) is 0 Å². The maximum atomic E-state index is 11.5. The van der Waals surface area contributed by atoms with Crippen LogP contribution in [0.15, 0.2) is 23.1 Å². The van der Waals surface area contributed by atoms with Gasteiger partial charge in [0, 0.05) is 19.9 Å². The molecule has 0 aromatic carbocycles. The van der Waals surface area contributed by atoms with Crippen molar-refractivity contribution in [3.63, 3.8) is 0 Å². The second-order valence-corrected chi connectivity index (χ2v) is 3.03. The van der Waals surface area contributed by atoms with Crippen molar-refractivity contribution in [1.82, 2.24) is 4.57 Å². The molecule has 1 heterocycles. The summed E-state index contributed by atoms with van der Waals surface area (Å²) in [7, 11) is 1.54. The predicted octanol–water partition coefficient (Wildman–Crippen LogP) is 0.874. The van der Waals surface area contributed by atoms with E-state index in [1.807, 2.05) is 0 Å². The van der Waals surface area contributed by atoms with E-state index >= 15 is 0 Å². The van der Waals surface area contributed by atoms with E-state index in [4.69, 9.17) is 16.3 Å². The summed E-state index contributed by atoms with van der Waals surface area (Å²) in [5, 5.41) is -0.734. The predicted molar refractivity (Wildman–Crippen MR) is 52.8 cm³/mol. The van der Waals surface area contributed by atoms with Gasteiger partial charge in [-0.25, -0.2) is 0 Å². The molecule has 4 nitrogen and oxygen atoms in total. The molecule has 0 bridgehead atoms. The fraction of sp³-hybridized carbons (Fsp3) is 0.333. The molecule has 1 aromatic heterocycles.